The van der Waals surface area contributed by atoms with Gasteiger partial charge >= 0.3 is 0 Å². The van der Waals surface area contributed by atoms with Crippen molar-refractivity contribution in [2.24, 2.45) is 0 Å². The summed E-state index contributed by atoms with van der Waals surface area (Å²) >= 11 is 6.19. The van der Waals surface area contributed by atoms with Gasteiger partial charge in [-0.1, -0.05) is 37.8 Å². The standard InChI is InChI=1S/C15H24ClN3O/c1-3-7-13-18-14(16)10(2)15(19-13)17-11-8-5-4-6-9-12(11)20/h11-12,20H,3-9H2,1-2H3,(H,17,18,19). The molecule has 0 bridgehead atoms. The Morgan fingerprint density at radius 1 is 1.25 bits per heavy atom. The molecule has 2 N–H and O–H groups in total. The first kappa shape index (κ1) is 15.5. The molecule has 0 spiro atoms. The molecule has 1 aliphatic rings. The molecular weight excluding hydrogens is 274 g/mol. The third-order valence-electron chi connectivity index (χ3n) is 3.91. The van der Waals surface area contributed by atoms with Crippen molar-refractivity contribution in [3.8, 4) is 0 Å². The lowest BCUT2D eigenvalue weighted by molar-refractivity contribution is 0.144. The molecule has 20 heavy (non-hydrogen) atoms. The Morgan fingerprint density at radius 2 is 2.00 bits per heavy atom. The number of hydrogen-bond donors (Lipinski definition) is 2. The Morgan fingerprint density at radius 3 is 2.75 bits per heavy atom. The smallest absolute Gasteiger partial charge is 0.137 e. The van der Waals surface area contributed by atoms with Gasteiger partial charge in [-0.15, -0.1) is 0 Å². The topological polar surface area (TPSA) is 58.0 Å². The Bertz CT molecular complexity index is 453. The van der Waals surface area contributed by atoms with Crippen molar-refractivity contribution in [2.45, 2.75) is 70.9 Å². The fourth-order valence-corrected chi connectivity index (χ4v) is 2.83. The fourth-order valence-electron chi connectivity index (χ4n) is 2.64. The van der Waals surface area contributed by atoms with Crippen molar-refractivity contribution < 1.29 is 5.11 Å². The van der Waals surface area contributed by atoms with Gasteiger partial charge in [0.15, 0.2) is 0 Å². The minimum Gasteiger partial charge on any atom is -0.391 e. The van der Waals surface area contributed by atoms with Crippen molar-refractivity contribution in [3.63, 3.8) is 0 Å². The van der Waals surface area contributed by atoms with Crippen LogP contribution in [-0.2, 0) is 6.42 Å². The average molecular weight is 298 g/mol. The molecule has 0 aliphatic heterocycles. The van der Waals surface area contributed by atoms with Gasteiger partial charge in [0, 0.05) is 12.0 Å². The minimum absolute atomic E-state index is 0.0663. The number of aryl methyl sites for hydroxylation is 1. The van der Waals surface area contributed by atoms with Crippen LogP contribution >= 0.6 is 11.6 Å². The molecule has 2 unspecified atom stereocenters. The zero-order valence-electron chi connectivity index (χ0n) is 12.3. The number of nitrogens with zero attached hydrogens (tertiary/aromatic N) is 2. The molecule has 0 radical (unpaired) electrons. The molecule has 0 aromatic carbocycles. The fraction of sp³-hybridized carbons (Fsp3) is 0.733. The number of anilines is 1. The number of aromatic nitrogens is 2. The number of rotatable bonds is 4. The third kappa shape index (κ3) is 3.83. The maximum atomic E-state index is 10.2. The number of nitrogens with one attached hydrogen (secondary N) is 1. The van der Waals surface area contributed by atoms with E-state index in [1.165, 1.54) is 6.42 Å². The first-order valence-electron chi connectivity index (χ1n) is 7.59. The molecule has 2 atom stereocenters. The maximum Gasteiger partial charge on any atom is 0.137 e. The summed E-state index contributed by atoms with van der Waals surface area (Å²) in [5.41, 5.74) is 0.864. The van der Waals surface area contributed by atoms with E-state index in [1.54, 1.807) is 0 Å². The van der Waals surface area contributed by atoms with Crippen LogP contribution in [0.4, 0.5) is 5.82 Å². The van der Waals surface area contributed by atoms with Crippen molar-refractivity contribution in [1.82, 2.24) is 9.97 Å². The minimum atomic E-state index is -0.305. The molecule has 0 amide bonds. The summed E-state index contributed by atoms with van der Waals surface area (Å²) in [6.07, 6.45) is 6.79. The normalized spacial score (nSPS) is 23.4. The van der Waals surface area contributed by atoms with Gasteiger partial charge < -0.3 is 10.4 Å². The van der Waals surface area contributed by atoms with Crippen LogP contribution in [0.25, 0.3) is 0 Å². The quantitative estimate of drug-likeness (QED) is 0.660. The summed E-state index contributed by atoms with van der Waals surface area (Å²) in [4.78, 5) is 8.87. The molecule has 1 heterocycles. The van der Waals surface area contributed by atoms with Gasteiger partial charge in [0.25, 0.3) is 0 Å². The molecule has 112 valence electrons. The van der Waals surface area contributed by atoms with Crippen LogP contribution < -0.4 is 5.32 Å². The molecule has 4 nitrogen and oxygen atoms in total. The molecule has 1 aliphatic carbocycles. The van der Waals surface area contributed by atoms with E-state index in [-0.39, 0.29) is 12.1 Å². The third-order valence-corrected chi connectivity index (χ3v) is 4.28. The van der Waals surface area contributed by atoms with E-state index in [2.05, 4.69) is 22.2 Å². The predicted molar refractivity (Wildman–Crippen MR) is 82.3 cm³/mol. The zero-order chi connectivity index (χ0) is 14.5. The van der Waals surface area contributed by atoms with Crippen LogP contribution in [0, 0.1) is 6.92 Å². The van der Waals surface area contributed by atoms with Crippen molar-refractivity contribution in [2.75, 3.05) is 5.32 Å². The zero-order valence-corrected chi connectivity index (χ0v) is 13.1. The highest BCUT2D eigenvalue weighted by atomic mass is 35.5. The lowest BCUT2D eigenvalue weighted by atomic mass is 10.1. The SMILES string of the molecule is CCCc1nc(Cl)c(C)c(NC2CCCCCC2O)n1. The van der Waals surface area contributed by atoms with Crippen LogP contribution in [0.5, 0.6) is 0 Å². The Hall–Kier alpha value is -0.870. The number of aliphatic hydroxyl groups is 1. The van der Waals surface area contributed by atoms with Gasteiger partial charge in [0.2, 0.25) is 0 Å². The van der Waals surface area contributed by atoms with Crippen molar-refractivity contribution in [3.05, 3.63) is 16.5 Å². The second-order valence-electron chi connectivity index (χ2n) is 5.61. The van der Waals surface area contributed by atoms with E-state index in [0.717, 1.165) is 55.7 Å². The summed E-state index contributed by atoms with van der Waals surface area (Å²) in [5.74, 6) is 1.55. The number of aliphatic hydroxyl groups excluding tert-OH is 1. The first-order chi connectivity index (χ1) is 9.61. The van der Waals surface area contributed by atoms with Crippen LogP contribution in [0.15, 0.2) is 0 Å². The average Bonchev–Trinajstić information content (AvgIpc) is 2.61. The van der Waals surface area contributed by atoms with E-state index >= 15 is 0 Å². The van der Waals surface area contributed by atoms with Crippen LogP contribution in [0.3, 0.4) is 0 Å². The molecule has 1 fully saturated rings. The molecular formula is C15H24ClN3O. The molecule has 1 aromatic heterocycles. The summed E-state index contributed by atoms with van der Waals surface area (Å²) in [6.45, 7) is 4.02. The van der Waals surface area contributed by atoms with Gasteiger partial charge in [-0.2, -0.15) is 0 Å². The van der Waals surface area contributed by atoms with Crippen molar-refractivity contribution in [1.29, 1.82) is 0 Å². The molecule has 1 aromatic rings. The molecule has 2 rings (SSSR count). The second-order valence-corrected chi connectivity index (χ2v) is 5.97. The van der Waals surface area contributed by atoms with Crippen LogP contribution in [-0.4, -0.2) is 27.2 Å². The highest BCUT2D eigenvalue weighted by Gasteiger charge is 2.23. The summed E-state index contributed by atoms with van der Waals surface area (Å²) in [6, 6.07) is 0.0663. The predicted octanol–water partition coefficient (Wildman–Crippen LogP) is 3.50. The highest BCUT2D eigenvalue weighted by Crippen LogP contribution is 2.25. The van der Waals surface area contributed by atoms with E-state index in [4.69, 9.17) is 11.6 Å². The lowest BCUT2D eigenvalue weighted by Crippen LogP contribution is -2.33. The lowest BCUT2D eigenvalue weighted by Gasteiger charge is -2.23. The highest BCUT2D eigenvalue weighted by molar-refractivity contribution is 6.30. The monoisotopic (exact) mass is 297 g/mol. The Kier molecular flexibility index (Phi) is 5.61. The van der Waals surface area contributed by atoms with Gasteiger partial charge in [-0.3, -0.25) is 0 Å². The number of hydrogen-bond acceptors (Lipinski definition) is 4. The summed E-state index contributed by atoms with van der Waals surface area (Å²) in [5, 5.41) is 14.1. The molecule has 5 heteroatoms. The van der Waals surface area contributed by atoms with E-state index in [9.17, 15) is 5.11 Å². The van der Waals surface area contributed by atoms with Crippen LogP contribution in [0.2, 0.25) is 5.15 Å². The summed E-state index contributed by atoms with van der Waals surface area (Å²) < 4.78 is 0. The van der Waals surface area contributed by atoms with E-state index in [0.29, 0.717) is 5.15 Å². The summed E-state index contributed by atoms with van der Waals surface area (Å²) in [7, 11) is 0. The first-order valence-corrected chi connectivity index (χ1v) is 7.97. The van der Waals surface area contributed by atoms with E-state index < -0.39 is 0 Å². The molecule has 0 saturated heterocycles. The second kappa shape index (κ2) is 7.23. The van der Waals surface area contributed by atoms with Gasteiger partial charge in [0.05, 0.1) is 12.1 Å². The van der Waals surface area contributed by atoms with Crippen molar-refractivity contribution >= 4 is 17.4 Å². The van der Waals surface area contributed by atoms with Gasteiger partial charge in [-0.25, -0.2) is 9.97 Å². The molecule has 1 saturated carbocycles. The number of halogens is 1. The maximum absolute atomic E-state index is 10.2. The van der Waals surface area contributed by atoms with Gasteiger partial charge in [-0.05, 0) is 26.2 Å². The Balaban J connectivity index is 2.18. The van der Waals surface area contributed by atoms with Gasteiger partial charge in [0.1, 0.15) is 16.8 Å². The van der Waals surface area contributed by atoms with Crippen LogP contribution in [0.1, 0.15) is 56.8 Å². The Labute approximate surface area is 126 Å². The largest absolute Gasteiger partial charge is 0.391 e. The van der Waals surface area contributed by atoms with E-state index in [1.807, 2.05) is 6.92 Å².